The first kappa shape index (κ1) is 22.7. The Morgan fingerprint density at radius 3 is 2.75 bits per heavy atom. The Balaban J connectivity index is 1.34. The zero-order valence-corrected chi connectivity index (χ0v) is 20.0. The lowest BCUT2D eigenvalue weighted by Crippen LogP contribution is -2.09. The Morgan fingerprint density at radius 2 is 1.97 bits per heavy atom. The van der Waals surface area contributed by atoms with Gasteiger partial charge in [-0.15, -0.1) is 11.3 Å². The Labute approximate surface area is 204 Å². The Bertz CT molecular complexity index is 1270. The van der Waals surface area contributed by atoms with E-state index in [4.69, 9.17) is 39.5 Å². The number of hydrogen-bond acceptors (Lipinski definition) is 4. The second-order valence-electron chi connectivity index (χ2n) is 7.14. The predicted molar refractivity (Wildman–Crippen MR) is 131 cm³/mol. The molecule has 5 nitrogen and oxygen atoms in total. The van der Waals surface area contributed by atoms with Crippen molar-refractivity contribution in [1.82, 2.24) is 9.78 Å². The number of nitrogens with one attached hydrogen (secondary N) is 1. The summed E-state index contributed by atoms with van der Waals surface area (Å²) in [6.45, 7) is 2.76. The highest BCUT2D eigenvalue weighted by molar-refractivity contribution is 7.12. The van der Waals surface area contributed by atoms with Crippen LogP contribution in [-0.4, -0.2) is 15.7 Å². The fourth-order valence-electron chi connectivity index (χ4n) is 2.98. The standard InChI is InChI=1S/C23H18Cl3N3O2S/c1-14-6-19(4-5-20(14)25)31-12-15-7-22(32-13-15)23(30)28-18-9-27-29(11-18)10-16-2-3-17(24)8-21(16)26/h2-9,11,13H,10,12H2,1H3,(H,28,30). The van der Waals surface area contributed by atoms with Crippen molar-refractivity contribution < 1.29 is 9.53 Å². The second kappa shape index (κ2) is 9.96. The molecule has 0 saturated heterocycles. The van der Waals surface area contributed by atoms with Gasteiger partial charge in [-0.3, -0.25) is 9.48 Å². The van der Waals surface area contributed by atoms with Crippen LogP contribution in [0.25, 0.3) is 0 Å². The van der Waals surface area contributed by atoms with Gasteiger partial charge in [-0.2, -0.15) is 5.10 Å². The molecule has 9 heteroatoms. The summed E-state index contributed by atoms with van der Waals surface area (Å²) in [6, 6.07) is 12.7. The largest absolute Gasteiger partial charge is 0.489 e. The molecule has 0 unspecified atom stereocenters. The molecule has 0 aliphatic carbocycles. The maximum Gasteiger partial charge on any atom is 0.265 e. The number of rotatable bonds is 7. The number of halogens is 3. The molecule has 0 aliphatic rings. The van der Waals surface area contributed by atoms with Crippen LogP contribution in [0.4, 0.5) is 5.69 Å². The molecule has 0 radical (unpaired) electrons. The fourth-order valence-corrected chi connectivity index (χ4v) is 4.35. The SMILES string of the molecule is Cc1cc(OCc2csc(C(=O)Nc3cnn(Cc4ccc(Cl)cc4Cl)c3)c2)ccc1Cl. The highest BCUT2D eigenvalue weighted by Crippen LogP contribution is 2.24. The minimum absolute atomic E-state index is 0.201. The van der Waals surface area contributed by atoms with E-state index >= 15 is 0 Å². The van der Waals surface area contributed by atoms with Crippen LogP contribution in [-0.2, 0) is 13.2 Å². The maximum atomic E-state index is 12.6. The number of carbonyl (C=O) groups is 1. The molecule has 0 fully saturated rings. The van der Waals surface area contributed by atoms with E-state index in [0.717, 1.165) is 22.4 Å². The summed E-state index contributed by atoms with van der Waals surface area (Å²) in [6.07, 6.45) is 3.35. The molecule has 0 atom stereocenters. The smallest absolute Gasteiger partial charge is 0.265 e. The van der Waals surface area contributed by atoms with E-state index in [0.29, 0.717) is 38.8 Å². The quantitative estimate of drug-likeness (QED) is 0.291. The number of nitrogens with zero attached hydrogens (tertiary/aromatic N) is 2. The normalized spacial score (nSPS) is 10.9. The summed E-state index contributed by atoms with van der Waals surface area (Å²) in [5.41, 5.74) is 3.35. The lowest BCUT2D eigenvalue weighted by Gasteiger charge is -2.06. The van der Waals surface area contributed by atoms with Crippen LogP contribution in [0.2, 0.25) is 15.1 Å². The summed E-state index contributed by atoms with van der Waals surface area (Å²) in [5.74, 6) is 0.532. The first-order valence-corrected chi connectivity index (χ1v) is 11.6. The van der Waals surface area contributed by atoms with E-state index in [1.807, 2.05) is 36.6 Å². The highest BCUT2D eigenvalue weighted by atomic mass is 35.5. The number of ether oxygens (including phenoxy) is 1. The number of aryl methyl sites for hydroxylation is 1. The first-order valence-electron chi connectivity index (χ1n) is 9.61. The van der Waals surface area contributed by atoms with Gasteiger partial charge in [0.1, 0.15) is 12.4 Å². The van der Waals surface area contributed by atoms with E-state index < -0.39 is 0 Å². The van der Waals surface area contributed by atoms with Gasteiger partial charge in [0.05, 0.1) is 23.3 Å². The molecule has 2 aromatic heterocycles. The summed E-state index contributed by atoms with van der Waals surface area (Å²) in [4.78, 5) is 13.2. The van der Waals surface area contributed by atoms with Crippen LogP contribution in [0.5, 0.6) is 5.75 Å². The van der Waals surface area contributed by atoms with Crippen molar-refractivity contribution in [2.75, 3.05) is 5.32 Å². The van der Waals surface area contributed by atoms with Gasteiger partial charge in [0.15, 0.2) is 0 Å². The summed E-state index contributed by atoms with van der Waals surface area (Å²) < 4.78 is 7.50. The molecule has 4 rings (SSSR count). The average molecular weight is 507 g/mol. The first-order chi connectivity index (χ1) is 15.4. The van der Waals surface area contributed by atoms with Crippen LogP contribution in [0, 0.1) is 6.92 Å². The molecule has 164 valence electrons. The number of thiophene rings is 1. The zero-order chi connectivity index (χ0) is 22.7. The number of benzene rings is 2. The number of anilines is 1. The molecule has 0 saturated carbocycles. The molecule has 2 aromatic carbocycles. The molecular weight excluding hydrogens is 489 g/mol. The zero-order valence-electron chi connectivity index (χ0n) is 16.9. The van der Waals surface area contributed by atoms with Gasteiger partial charge in [0, 0.05) is 26.8 Å². The molecule has 4 aromatic rings. The summed E-state index contributed by atoms with van der Waals surface area (Å²) in [5, 5.41) is 10.9. The van der Waals surface area contributed by atoms with E-state index in [9.17, 15) is 4.79 Å². The van der Waals surface area contributed by atoms with Crippen molar-refractivity contribution in [3.05, 3.63) is 96.9 Å². The maximum absolute atomic E-state index is 12.6. The average Bonchev–Trinajstić information content (AvgIpc) is 3.40. The number of carbonyl (C=O) groups excluding carboxylic acids is 1. The molecule has 1 N–H and O–H groups in total. The highest BCUT2D eigenvalue weighted by Gasteiger charge is 2.12. The minimum Gasteiger partial charge on any atom is -0.489 e. The third-order valence-electron chi connectivity index (χ3n) is 4.65. The Morgan fingerprint density at radius 1 is 1.12 bits per heavy atom. The number of aromatic nitrogens is 2. The van der Waals surface area contributed by atoms with Crippen LogP contribution >= 0.6 is 46.1 Å². The molecule has 0 spiro atoms. The minimum atomic E-state index is -0.201. The van der Waals surface area contributed by atoms with Gasteiger partial charge < -0.3 is 10.1 Å². The summed E-state index contributed by atoms with van der Waals surface area (Å²) in [7, 11) is 0. The van der Waals surface area contributed by atoms with Crippen molar-refractivity contribution in [3.8, 4) is 5.75 Å². The van der Waals surface area contributed by atoms with Crippen LogP contribution in [0.1, 0.15) is 26.4 Å². The third-order valence-corrected chi connectivity index (χ3v) is 6.64. The van der Waals surface area contributed by atoms with E-state index in [1.165, 1.54) is 11.3 Å². The van der Waals surface area contributed by atoms with E-state index in [1.54, 1.807) is 35.3 Å². The van der Waals surface area contributed by atoms with Gasteiger partial charge in [-0.1, -0.05) is 40.9 Å². The van der Waals surface area contributed by atoms with Gasteiger partial charge in [0.25, 0.3) is 5.91 Å². The van der Waals surface area contributed by atoms with E-state index in [-0.39, 0.29) is 5.91 Å². The Hall–Kier alpha value is -2.51. The molecular formula is C23H18Cl3N3O2S. The van der Waals surface area contributed by atoms with Gasteiger partial charge in [0.2, 0.25) is 0 Å². The molecule has 0 aliphatic heterocycles. The lowest BCUT2D eigenvalue weighted by atomic mass is 10.2. The van der Waals surface area contributed by atoms with Crippen molar-refractivity contribution in [1.29, 1.82) is 0 Å². The summed E-state index contributed by atoms with van der Waals surface area (Å²) >= 11 is 19.6. The van der Waals surface area contributed by atoms with Gasteiger partial charge in [-0.05, 0) is 59.8 Å². The Kier molecular flexibility index (Phi) is 7.06. The van der Waals surface area contributed by atoms with Crippen molar-refractivity contribution >= 4 is 57.7 Å². The number of hydrogen-bond donors (Lipinski definition) is 1. The van der Waals surface area contributed by atoms with Crippen molar-refractivity contribution in [2.24, 2.45) is 0 Å². The van der Waals surface area contributed by atoms with Crippen LogP contribution in [0.3, 0.4) is 0 Å². The van der Waals surface area contributed by atoms with Crippen LogP contribution < -0.4 is 10.1 Å². The van der Waals surface area contributed by atoms with E-state index in [2.05, 4.69) is 10.4 Å². The molecule has 0 bridgehead atoms. The van der Waals surface area contributed by atoms with Crippen LogP contribution in [0.15, 0.2) is 60.2 Å². The monoisotopic (exact) mass is 505 g/mol. The molecule has 1 amide bonds. The molecule has 2 heterocycles. The predicted octanol–water partition coefficient (Wildman–Crippen LogP) is 7.09. The fraction of sp³-hybridized carbons (Fsp3) is 0.130. The lowest BCUT2D eigenvalue weighted by molar-refractivity contribution is 0.103. The van der Waals surface area contributed by atoms with Gasteiger partial charge in [-0.25, -0.2) is 0 Å². The third kappa shape index (κ3) is 5.64. The van der Waals surface area contributed by atoms with Crippen molar-refractivity contribution in [3.63, 3.8) is 0 Å². The van der Waals surface area contributed by atoms with Crippen molar-refractivity contribution in [2.45, 2.75) is 20.1 Å². The second-order valence-corrected chi connectivity index (χ2v) is 9.30. The van der Waals surface area contributed by atoms with Gasteiger partial charge >= 0.3 is 0 Å². The topological polar surface area (TPSA) is 56.1 Å². The number of amides is 1. The molecule has 32 heavy (non-hydrogen) atoms.